The van der Waals surface area contributed by atoms with Crippen LogP contribution in [0, 0.1) is 16.7 Å². The Labute approximate surface area is 246 Å². The minimum Gasteiger partial charge on any atom is -0.544 e. The molecule has 0 atom stereocenters. The van der Waals surface area contributed by atoms with Gasteiger partial charge in [0.15, 0.2) is 5.78 Å². The van der Waals surface area contributed by atoms with Crippen LogP contribution in [0.3, 0.4) is 0 Å². The molecule has 0 unspecified atom stereocenters. The Morgan fingerprint density at radius 2 is 1.07 bits per heavy atom. The average molecular weight is 559 g/mol. The van der Waals surface area contributed by atoms with Crippen LogP contribution in [0.15, 0.2) is 65.3 Å². The van der Waals surface area contributed by atoms with Crippen LogP contribution in [0.25, 0.3) is 5.57 Å². The second-order valence-electron chi connectivity index (χ2n) is 16.7. The van der Waals surface area contributed by atoms with Crippen LogP contribution in [0.5, 0.6) is 5.75 Å². The lowest BCUT2D eigenvalue weighted by atomic mass is 9.70. The van der Waals surface area contributed by atoms with Gasteiger partial charge in [-0.3, -0.25) is 4.79 Å². The number of hydrogen-bond donors (Lipinski definition) is 0. The van der Waals surface area contributed by atoms with Crippen molar-refractivity contribution in [3.8, 4) is 5.75 Å². The Kier molecular flexibility index (Phi) is 8.40. The summed E-state index contributed by atoms with van der Waals surface area (Å²) in [5, 5.41) is 0. The Morgan fingerprint density at radius 1 is 0.675 bits per heavy atom. The Hall–Kier alpha value is -2.39. The van der Waals surface area contributed by atoms with Crippen molar-refractivity contribution in [1.82, 2.24) is 0 Å². The van der Waals surface area contributed by atoms with Crippen molar-refractivity contribution >= 4 is 19.7 Å². The number of hydrogen-bond acceptors (Lipinski definition) is 2. The lowest BCUT2D eigenvalue weighted by molar-refractivity contribution is -0.114. The summed E-state index contributed by atoms with van der Waals surface area (Å²) < 4.78 is 6.89. The van der Waals surface area contributed by atoms with E-state index in [1.54, 1.807) is 0 Å². The molecule has 3 rings (SSSR count). The fourth-order valence-electron chi connectivity index (χ4n) is 5.39. The summed E-state index contributed by atoms with van der Waals surface area (Å²) in [4.78, 5) is 13.8. The molecule has 2 aliphatic rings. The second kappa shape index (κ2) is 10.5. The molecule has 0 aromatic heterocycles. The van der Waals surface area contributed by atoms with Gasteiger partial charge in [0.2, 0.25) is 8.32 Å². The fourth-order valence-corrected chi connectivity index (χ4v) is 6.22. The van der Waals surface area contributed by atoms with E-state index < -0.39 is 8.32 Å². The van der Waals surface area contributed by atoms with Crippen molar-refractivity contribution in [2.75, 3.05) is 0 Å². The molecule has 40 heavy (non-hydrogen) atoms. The number of benzene rings is 1. The van der Waals surface area contributed by atoms with Crippen LogP contribution in [-0.4, -0.2) is 14.1 Å². The third-order valence-corrected chi connectivity index (χ3v) is 8.34. The molecule has 218 valence electrons. The van der Waals surface area contributed by atoms with Crippen molar-refractivity contribution in [1.29, 1.82) is 0 Å². The van der Waals surface area contributed by atoms with E-state index in [-0.39, 0.29) is 33.4 Å². The molecule has 2 nitrogen and oxygen atoms in total. The highest BCUT2D eigenvalue weighted by Gasteiger charge is 2.36. The number of carbonyl (C=O) groups is 1. The third-order valence-electron chi connectivity index (χ3n) is 7.52. The summed E-state index contributed by atoms with van der Waals surface area (Å²) in [6.07, 6.45) is 13.2. The van der Waals surface area contributed by atoms with E-state index in [2.05, 4.69) is 151 Å². The van der Waals surface area contributed by atoms with E-state index in [1.807, 2.05) is 0 Å². The zero-order chi connectivity index (χ0) is 30.6. The van der Waals surface area contributed by atoms with Crippen LogP contribution in [0.1, 0.15) is 99.8 Å². The van der Waals surface area contributed by atoms with Gasteiger partial charge in [0, 0.05) is 17.1 Å². The Morgan fingerprint density at radius 3 is 1.40 bits per heavy atom. The molecule has 0 bridgehead atoms. The van der Waals surface area contributed by atoms with E-state index >= 15 is 0 Å². The first kappa shape index (κ1) is 32.1. The predicted molar refractivity (Wildman–Crippen MR) is 177 cm³/mol. The minimum atomic E-state index is -1.88. The number of rotatable bonds is 4. The van der Waals surface area contributed by atoms with E-state index in [0.717, 1.165) is 22.5 Å². The molecule has 0 radical (unpaired) electrons. The van der Waals surface area contributed by atoms with Gasteiger partial charge in [0.25, 0.3) is 0 Å². The van der Waals surface area contributed by atoms with Gasteiger partial charge < -0.3 is 4.43 Å². The largest absolute Gasteiger partial charge is 0.544 e. The molecule has 1 aromatic carbocycles. The molecule has 0 spiro atoms. The normalized spacial score (nSPS) is 17.4. The predicted octanol–water partition coefficient (Wildman–Crippen LogP) is 10.5. The highest BCUT2D eigenvalue weighted by atomic mass is 28.4. The summed E-state index contributed by atoms with van der Waals surface area (Å²) in [7, 11) is -1.88. The summed E-state index contributed by atoms with van der Waals surface area (Å²) in [6.45, 7) is 33.4. The second-order valence-corrected chi connectivity index (χ2v) is 21.2. The molecule has 0 N–H and O–H groups in total. The first-order valence-electron chi connectivity index (χ1n) is 14.9. The Balaban J connectivity index is 2.54. The van der Waals surface area contributed by atoms with E-state index in [4.69, 9.17) is 4.43 Å². The summed E-state index contributed by atoms with van der Waals surface area (Å²) >= 11 is 0. The van der Waals surface area contributed by atoms with Crippen LogP contribution < -0.4 is 4.43 Å². The van der Waals surface area contributed by atoms with Gasteiger partial charge in [0.1, 0.15) is 5.75 Å². The molecule has 2 aliphatic carbocycles. The van der Waals surface area contributed by atoms with Crippen molar-refractivity contribution in [2.45, 2.75) is 114 Å². The molecule has 0 fully saturated rings. The van der Waals surface area contributed by atoms with Crippen molar-refractivity contribution < 1.29 is 9.22 Å². The van der Waals surface area contributed by atoms with E-state index in [9.17, 15) is 4.79 Å². The monoisotopic (exact) mass is 558 g/mol. The molecule has 0 heterocycles. The first-order valence-corrected chi connectivity index (χ1v) is 18.3. The van der Waals surface area contributed by atoms with Crippen LogP contribution >= 0.6 is 0 Å². The standard InChI is InChI=1S/C37H54O2Si/c1-34(2,3)27-20-25(21-28(32(27)38)35(4,5)6)31(24-18-16-17-19-24)26-22-29(36(7,8)9)33(39-40(13,14)15)30(23-26)37(10,11)12/h16-24H,1-15H3. The van der Waals surface area contributed by atoms with E-state index in [0.29, 0.717) is 0 Å². The highest BCUT2D eigenvalue weighted by Crippen LogP contribution is 2.47. The number of carbonyl (C=O) groups excluding carboxylic acids is 1. The molecule has 1 aromatic rings. The van der Waals surface area contributed by atoms with Gasteiger partial charge in [-0.1, -0.05) is 107 Å². The maximum Gasteiger partial charge on any atom is 0.242 e. The van der Waals surface area contributed by atoms with E-state index in [1.165, 1.54) is 22.3 Å². The molecule has 0 amide bonds. The van der Waals surface area contributed by atoms with Gasteiger partial charge >= 0.3 is 0 Å². The molecule has 0 saturated carbocycles. The van der Waals surface area contributed by atoms with Gasteiger partial charge in [-0.05, 0) is 93.4 Å². The highest BCUT2D eigenvalue weighted by molar-refractivity contribution is 6.70. The average Bonchev–Trinajstić information content (AvgIpc) is 3.25. The molecule has 0 aliphatic heterocycles. The molecule has 3 heteroatoms. The lowest BCUT2D eigenvalue weighted by Gasteiger charge is -2.35. The maximum absolute atomic E-state index is 13.8. The molecular weight excluding hydrogens is 504 g/mol. The fraction of sp³-hybridized carbons (Fsp3) is 0.541. The van der Waals surface area contributed by atoms with Gasteiger partial charge in [-0.25, -0.2) is 0 Å². The maximum atomic E-state index is 13.8. The summed E-state index contributed by atoms with van der Waals surface area (Å²) in [5.74, 6) is 1.35. The lowest BCUT2D eigenvalue weighted by Crippen LogP contribution is -2.33. The quantitative estimate of drug-likeness (QED) is 0.344. The molecular formula is C37H54O2Si. The van der Waals surface area contributed by atoms with Gasteiger partial charge in [-0.2, -0.15) is 0 Å². The SMILES string of the molecule is CC(C)(C)C1=CC(=C(c2cc(C(C)(C)C)c(O[Si](C)(C)C)c(C(C)(C)C)c2)C2C=CC=C2)C=C(C(C)(C)C)C1=O. The summed E-state index contributed by atoms with van der Waals surface area (Å²) in [5.41, 5.74) is 7.09. The van der Waals surface area contributed by atoms with Crippen molar-refractivity contribution in [3.05, 3.63) is 82.0 Å². The van der Waals surface area contributed by atoms with Crippen LogP contribution in [0.2, 0.25) is 19.6 Å². The zero-order valence-corrected chi connectivity index (χ0v) is 29.0. The van der Waals surface area contributed by atoms with Crippen LogP contribution in [0.4, 0.5) is 0 Å². The smallest absolute Gasteiger partial charge is 0.242 e. The third kappa shape index (κ3) is 7.08. The number of allylic oxidation sites excluding steroid dienone is 10. The number of Topliss-reactive ketones (excluding diaryl/α,β-unsaturated/α-hetero) is 1. The van der Waals surface area contributed by atoms with Gasteiger partial charge in [0.05, 0.1) is 0 Å². The van der Waals surface area contributed by atoms with Crippen molar-refractivity contribution in [3.63, 3.8) is 0 Å². The zero-order valence-electron chi connectivity index (χ0n) is 28.0. The minimum absolute atomic E-state index is 0.108. The summed E-state index contributed by atoms with van der Waals surface area (Å²) in [6, 6.07) is 4.75. The molecule has 0 saturated heterocycles. The topological polar surface area (TPSA) is 26.3 Å². The first-order chi connectivity index (χ1) is 17.9. The van der Waals surface area contributed by atoms with Crippen LogP contribution in [-0.2, 0) is 15.6 Å². The van der Waals surface area contributed by atoms with Gasteiger partial charge in [-0.15, -0.1) is 0 Å². The Bertz CT molecular complexity index is 1240. The number of ketones is 1. The van der Waals surface area contributed by atoms with Crippen molar-refractivity contribution in [2.24, 2.45) is 16.7 Å².